The minimum atomic E-state index is -3.87. The SMILES string of the molecule is O=C1Nc2cc(C(=O)N3CCOCC3)ccc2NC1CS(=O)(=O)Cc1c(F)cccc1Cl. The number of benzene rings is 2. The Morgan fingerprint density at radius 3 is 2.66 bits per heavy atom. The van der Waals surface area contributed by atoms with Gasteiger partial charge in [0.1, 0.15) is 11.9 Å². The zero-order valence-corrected chi connectivity index (χ0v) is 18.5. The number of nitrogens with zero attached hydrogens (tertiary/aromatic N) is 1. The van der Waals surface area contributed by atoms with E-state index in [-0.39, 0.29) is 16.5 Å². The molecule has 0 spiro atoms. The second-order valence-corrected chi connectivity index (χ2v) is 10.1. The van der Waals surface area contributed by atoms with Crippen molar-refractivity contribution in [1.29, 1.82) is 0 Å². The largest absolute Gasteiger partial charge is 0.378 e. The fraction of sp³-hybridized carbons (Fsp3) is 0.333. The van der Waals surface area contributed by atoms with Gasteiger partial charge < -0.3 is 20.3 Å². The van der Waals surface area contributed by atoms with E-state index in [1.807, 2.05) is 0 Å². The van der Waals surface area contributed by atoms with Crippen molar-refractivity contribution in [2.24, 2.45) is 0 Å². The van der Waals surface area contributed by atoms with Crippen molar-refractivity contribution >= 4 is 44.6 Å². The van der Waals surface area contributed by atoms with Gasteiger partial charge in [-0.1, -0.05) is 17.7 Å². The van der Waals surface area contributed by atoms with Gasteiger partial charge in [-0.25, -0.2) is 12.8 Å². The van der Waals surface area contributed by atoms with Crippen LogP contribution in [0.15, 0.2) is 36.4 Å². The number of fused-ring (bicyclic) bond motifs is 1. The Morgan fingerprint density at radius 1 is 1.19 bits per heavy atom. The van der Waals surface area contributed by atoms with Gasteiger partial charge in [-0.2, -0.15) is 0 Å². The highest BCUT2D eigenvalue weighted by atomic mass is 35.5. The fourth-order valence-electron chi connectivity index (χ4n) is 3.65. The van der Waals surface area contributed by atoms with Gasteiger partial charge in [-0.05, 0) is 30.3 Å². The van der Waals surface area contributed by atoms with Gasteiger partial charge in [0.05, 0.1) is 36.1 Å². The Morgan fingerprint density at radius 2 is 1.94 bits per heavy atom. The predicted molar refractivity (Wildman–Crippen MR) is 118 cm³/mol. The van der Waals surface area contributed by atoms with E-state index in [9.17, 15) is 22.4 Å². The highest BCUT2D eigenvalue weighted by Gasteiger charge is 2.32. The number of carbonyl (C=O) groups is 2. The summed E-state index contributed by atoms with van der Waals surface area (Å²) in [4.78, 5) is 26.9. The van der Waals surface area contributed by atoms with Gasteiger partial charge >= 0.3 is 0 Å². The van der Waals surface area contributed by atoms with Crippen molar-refractivity contribution in [3.05, 3.63) is 58.4 Å². The third-order valence-electron chi connectivity index (χ3n) is 5.32. The van der Waals surface area contributed by atoms with E-state index in [1.54, 1.807) is 23.1 Å². The number of amides is 2. The average Bonchev–Trinajstić information content (AvgIpc) is 2.76. The van der Waals surface area contributed by atoms with Crippen LogP contribution >= 0.6 is 11.6 Å². The van der Waals surface area contributed by atoms with E-state index in [0.717, 1.165) is 6.07 Å². The number of nitrogens with one attached hydrogen (secondary N) is 2. The summed E-state index contributed by atoms with van der Waals surface area (Å²) in [5.74, 6) is -2.61. The summed E-state index contributed by atoms with van der Waals surface area (Å²) >= 11 is 5.93. The Bertz CT molecular complexity index is 1150. The van der Waals surface area contributed by atoms with E-state index in [1.165, 1.54) is 12.1 Å². The molecule has 1 unspecified atom stereocenters. The number of carbonyl (C=O) groups excluding carboxylic acids is 2. The van der Waals surface area contributed by atoms with Crippen molar-refractivity contribution in [3.8, 4) is 0 Å². The van der Waals surface area contributed by atoms with Crippen molar-refractivity contribution < 1.29 is 27.1 Å². The summed E-state index contributed by atoms with van der Waals surface area (Å²) in [7, 11) is -3.87. The van der Waals surface area contributed by atoms with Crippen LogP contribution in [-0.2, 0) is 25.1 Å². The maximum atomic E-state index is 14.0. The molecule has 0 saturated carbocycles. The van der Waals surface area contributed by atoms with E-state index in [2.05, 4.69) is 10.6 Å². The smallest absolute Gasteiger partial charge is 0.254 e. The summed E-state index contributed by atoms with van der Waals surface area (Å²) < 4.78 is 44.5. The van der Waals surface area contributed by atoms with Crippen LogP contribution in [0.2, 0.25) is 5.02 Å². The van der Waals surface area contributed by atoms with Gasteiger partial charge in [0.25, 0.3) is 5.91 Å². The molecule has 0 aromatic heterocycles. The molecule has 2 aliphatic heterocycles. The minimum absolute atomic E-state index is 0.0115. The molecule has 1 saturated heterocycles. The first-order valence-electron chi connectivity index (χ1n) is 9.95. The van der Waals surface area contributed by atoms with Crippen LogP contribution in [0, 0.1) is 5.82 Å². The number of sulfone groups is 1. The molecule has 1 atom stereocenters. The lowest BCUT2D eigenvalue weighted by molar-refractivity contribution is -0.116. The molecule has 2 aliphatic rings. The first-order valence-corrected chi connectivity index (χ1v) is 12.2. The minimum Gasteiger partial charge on any atom is -0.378 e. The molecule has 0 bridgehead atoms. The molecule has 32 heavy (non-hydrogen) atoms. The lowest BCUT2D eigenvalue weighted by atomic mass is 10.1. The van der Waals surface area contributed by atoms with Gasteiger partial charge in [-0.3, -0.25) is 9.59 Å². The maximum absolute atomic E-state index is 14.0. The van der Waals surface area contributed by atoms with Crippen molar-refractivity contribution in [2.45, 2.75) is 11.8 Å². The predicted octanol–water partition coefficient (Wildman–Crippen LogP) is 2.30. The van der Waals surface area contributed by atoms with Crippen LogP contribution < -0.4 is 10.6 Å². The molecule has 2 N–H and O–H groups in total. The summed E-state index contributed by atoms with van der Waals surface area (Å²) in [6.07, 6.45) is 0. The number of anilines is 2. The highest BCUT2D eigenvalue weighted by Crippen LogP contribution is 2.29. The third kappa shape index (κ3) is 4.87. The molecule has 170 valence electrons. The zero-order valence-electron chi connectivity index (χ0n) is 16.9. The van der Waals surface area contributed by atoms with Crippen LogP contribution in [0.1, 0.15) is 15.9 Å². The second-order valence-electron chi connectivity index (χ2n) is 7.61. The molecule has 4 rings (SSSR count). The lowest BCUT2D eigenvalue weighted by Gasteiger charge is -2.29. The van der Waals surface area contributed by atoms with Crippen molar-refractivity contribution in [1.82, 2.24) is 4.90 Å². The van der Waals surface area contributed by atoms with E-state index in [4.69, 9.17) is 16.3 Å². The van der Waals surface area contributed by atoms with Crippen LogP contribution in [0.3, 0.4) is 0 Å². The van der Waals surface area contributed by atoms with Crippen LogP contribution in [0.4, 0.5) is 15.8 Å². The number of morpholine rings is 1. The molecular weight excluding hydrogens is 461 g/mol. The first kappa shape index (κ1) is 22.5. The Kier molecular flexibility index (Phi) is 6.36. The normalized spacial score (nSPS) is 18.5. The Labute approximate surface area is 189 Å². The molecule has 0 aliphatic carbocycles. The molecule has 11 heteroatoms. The molecule has 1 fully saturated rings. The third-order valence-corrected chi connectivity index (χ3v) is 7.24. The highest BCUT2D eigenvalue weighted by molar-refractivity contribution is 7.90. The van der Waals surface area contributed by atoms with Gasteiger partial charge in [0.15, 0.2) is 9.84 Å². The Balaban J connectivity index is 1.48. The van der Waals surface area contributed by atoms with E-state index >= 15 is 0 Å². The van der Waals surface area contributed by atoms with Crippen LogP contribution in [0.5, 0.6) is 0 Å². The topological polar surface area (TPSA) is 105 Å². The van der Waals surface area contributed by atoms with Crippen LogP contribution in [0.25, 0.3) is 0 Å². The second kappa shape index (κ2) is 9.05. The quantitative estimate of drug-likeness (QED) is 0.679. The summed E-state index contributed by atoms with van der Waals surface area (Å²) in [6, 6.07) is 7.66. The number of rotatable bonds is 5. The van der Waals surface area contributed by atoms with E-state index in [0.29, 0.717) is 43.2 Å². The maximum Gasteiger partial charge on any atom is 0.254 e. The Hall–Kier alpha value is -2.69. The monoisotopic (exact) mass is 481 g/mol. The van der Waals surface area contributed by atoms with Gasteiger partial charge in [0.2, 0.25) is 5.91 Å². The van der Waals surface area contributed by atoms with Gasteiger partial charge in [0, 0.05) is 29.2 Å². The number of hydrogen-bond donors (Lipinski definition) is 2. The number of hydrogen-bond acceptors (Lipinski definition) is 6. The molecule has 2 amide bonds. The molecule has 8 nitrogen and oxygen atoms in total. The summed E-state index contributed by atoms with van der Waals surface area (Å²) in [6.45, 7) is 1.94. The lowest BCUT2D eigenvalue weighted by Crippen LogP contribution is -2.44. The van der Waals surface area contributed by atoms with Crippen LogP contribution in [-0.4, -0.2) is 63.2 Å². The van der Waals surface area contributed by atoms with Crippen molar-refractivity contribution in [2.75, 3.05) is 42.7 Å². The zero-order chi connectivity index (χ0) is 22.9. The van der Waals surface area contributed by atoms with Gasteiger partial charge in [-0.15, -0.1) is 0 Å². The standard InChI is InChI=1S/C21H21ClFN3O5S/c22-15-2-1-3-16(23)14(15)11-32(29,30)12-19-20(27)25-18-10-13(4-5-17(18)24-19)21(28)26-6-8-31-9-7-26/h1-5,10,19,24H,6-9,11-12H2,(H,25,27). The average molecular weight is 482 g/mol. The first-order chi connectivity index (χ1) is 15.2. The fourth-order valence-corrected chi connectivity index (χ4v) is 5.55. The number of halogens is 2. The van der Waals surface area contributed by atoms with Crippen molar-refractivity contribution in [3.63, 3.8) is 0 Å². The summed E-state index contributed by atoms with van der Waals surface area (Å²) in [5, 5.41) is 5.57. The molecular formula is C21H21ClFN3O5S. The molecule has 2 aromatic carbocycles. The summed E-state index contributed by atoms with van der Waals surface area (Å²) in [5.41, 5.74) is 1.16. The van der Waals surface area contributed by atoms with E-state index < -0.39 is 39.1 Å². The molecule has 0 radical (unpaired) electrons. The molecule has 2 aromatic rings. The number of ether oxygens (including phenoxy) is 1. The molecule has 2 heterocycles.